The minimum absolute atomic E-state index is 0.0118. The van der Waals surface area contributed by atoms with Crippen molar-refractivity contribution in [1.29, 1.82) is 0 Å². The minimum atomic E-state index is -6.58. The summed E-state index contributed by atoms with van der Waals surface area (Å²) < 4.78 is 156. The van der Waals surface area contributed by atoms with Crippen molar-refractivity contribution in [2.24, 2.45) is 16.7 Å². The molecule has 196 valence electrons. The van der Waals surface area contributed by atoms with E-state index in [1.54, 1.807) is 0 Å². The van der Waals surface area contributed by atoms with Crippen LogP contribution in [0.15, 0.2) is 0 Å². The van der Waals surface area contributed by atoms with Gasteiger partial charge in [0.1, 0.15) is 0 Å². The van der Waals surface area contributed by atoms with Gasteiger partial charge in [-0.05, 0) is 38.0 Å². The average molecular weight is 502 g/mol. The number of hydrogen-bond acceptors (Lipinski definition) is 1. The van der Waals surface area contributed by atoms with Crippen molar-refractivity contribution in [3.05, 3.63) is 0 Å². The Morgan fingerprint density at radius 3 is 1.58 bits per heavy atom. The smallest absolute Gasteiger partial charge is 0.269 e. The largest absolute Gasteiger partial charge is 0.426 e. The summed E-state index contributed by atoms with van der Waals surface area (Å²) in [5.41, 5.74) is -11.9. The molecular weight excluding hydrogens is 470 g/mol. The molecule has 0 aromatic heterocycles. The van der Waals surface area contributed by atoms with Gasteiger partial charge < -0.3 is 0 Å². The van der Waals surface area contributed by atoms with Crippen LogP contribution in [0.2, 0.25) is 0 Å². The molecule has 1 heterocycles. The van der Waals surface area contributed by atoms with Crippen molar-refractivity contribution in [3.8, 4) is 0 Å². The van der Waals surface area contributed by atoms with E-state index in [4.69, 9.17) is 0 Å². The molecule has 3 atom stereocenters. The Kier molecular flexibility index (Phi) is 7.04. The van der Waals surface area contributed by atoms with E-state index >= 15 is 26.3 Å². The van der Waals surface area contributed by atoms with Crippen LogP contribution in [0.4, 0.5) is 43.9 Å². The van der Waals surface area contributed by atoms with Gasteiger partial charge in [0, 0.05) is 10.8 Å². The highest BCUT2D eigenvalue weighted by molar-refractivity contribution is 5.28. The summed E-state index contributed by atoms with van der Waals surface area (Å²) >= 11 is 0. The lowest BCUT2D eigenvalue weighted by atomic mass is 9.56. The predicted octanol–water partition coefficient (Wildman–Crippen LogP) is 8.71. The fraction of sp³-hybridized carbons (Fsp3) is 1.00. The molecule has 1 saturated heterocycles. The van der Waals surface area contributed by atoms with Crippen molar-refractivity contribution >= 4 is 0 Å². The first-order valence-electron chi connectivity index (χ1n) is 11.3. The lowest BCUT2D eigenvalue weighted by Gasteiger charge is -2.54. The first-order chi connectivity index (χ1) is 14.7. The van der Waals surface area contributed by atoms with Gasteiger partial charge in [-0.1, -0.05) is 53.9 Å². The van der Waals surface area contributed by atoms with E-state index in [0.717, 1.165) is 6.92 Å². The number of alkyl halides is 10. The zero-order valence-corrected chi connectivity index (χ0v) is 19.4. The molecule has 33 heavy (non-hydrogen) atoms. The fourth-order valence-corrected chi connectivity index (χ4v) is 5.53. The van der Waals surface area contributed by atoms with Crippen LogP contribution in [0.1, 0.15) is 86.0 Å². The topological polar surface area (TPSA) is 9.23 Å². The van der Waals surface area contributed by atoms with E-state index in [2.05, 4.69) is 4.74 Å². The predicted molar refractivity (Wildman–Crippen MR) is 102 cm³/mol. The Morgan fingerprint density at radius 1 is 0.788 bits per heavy atom. The Hall–Kier alpha value is -0.740. The van der Waals surface area contributed by atoms with Gasteiger partial charge >= 0.3 is 29.5 Å². The molecule has 0 radical (unpaired) electrons. The number of rotatable bonds is 10. The fourth-order valence-electron chi connectivity index (χ4n) is 5.53. The van der Waals surface area contributed by atoms with Crippen LogP contribution in [0.25, 0.3) is 0 Å². The third-order valence-corrected chi connectivity index (χ3v) is 8.17. The highest BCUT2D eigenvalue weighted by Gasteiger charge is 3.01. The maximum absolute atomic E-state index is 16.2. The van der Waals surface area contributed by atoms with Crippen LogP contribution < -0.4 is 0 Å². The van der Waals surface area contributed by atoms with Crippen LogP contribution in [-0.4, -0.2) is 35.4 Å². The van der Waals surface area contributed by atoms with Crippen molar-refractivity contribution in [2.45, 2.75) is 121 Å². The van der Waals surface area contributed by atoms with Gasteiger partial charge in [-0.3, -0.25) is 4.74 Å². The molecule has 2 fully saturated rings. The summed E-state index contributed by atoms with van der Waals surface area (Å²) in [6.45, 7) is 5.15. The molecule has 0 aromatic rings. The second kappa shape index (κ2) is 8.15. The van der Waals surface area contributed by atoms with E-state index in [-0.39, 0.29) is 25.7 Å². The Bertz CT molecular complexity index is 716. The van der Waals surface area contributed by atoms with E-state index in [1.165, 1.54) is 13.8 Å². The van der Waals surface area contributed by atoms with Crippen LogP contribution in [0.3, 0.4) is 0 Å². The first kappa shape index (κ1) is 28.5. The van der Waals surface area contributed by atoms with Crippen LogP contribution in [0, 0.1) is 16.7 Å². The van der Waals surface area contributed by atoms with Gasteiger partial charge in [0.2, 0.25) is 0 Å². The lowest BCUT2D eigenvalue weighted by molar-refractivity contribution is -0.407. The summed E-state index contributed by atoms with van der Waals surface area (Å²) in [7, 11) is 0. The molecule has 2 rings (SSSR count). The van der Waals surface area contributed by atoms with Gasteiger partial charge in [-0.2, -0.15) is 26.3 Å². The highest BCUT2D eigenvalue weighted by Crippen LogP contribution is 2.74. The van der Waals surface area contributed by atoms with E-state index in [9.17, 15) is 17.6 Å². The molecule has 0 bridgehead atoms. The Labute approximate surface area is 187 Å². The maximum Gasteiger partial charge on any atom is 0.426 e. The van der Waals surface area contributed by atoms with Gasteiger partial charge in [-0.25, -0.2) is 17.6 Å². The summed E-state index contributed by atoms with van der Waals surface area (Å²) in [5.74, 6) is -24.8. The van der Waals surface area contributed by atoms with Crippen molar-refractivity contribution in [1.82, 2.24) is 0 Å². The van der Waals surface area contributed by atoms with E-state index in [0.29, 0.717) is 20.3 Å². The summed E-state index contributed by atoms with van der Waals surface area (Å²) in [6.07, 6.45) is -8.03. The molecule has 0 amide bonds. The quantitative estimate of drug-likeness (QED) is 0.272. The van der Waals surface area contributed by atoms with Crippen molar-refractivity contribution in [3.63, 3.8) is 0 Å². The molecule has 11 heteroatoms. The van der Waals surface area contributed by atoms with Gasteiger partial charge in [-0.15, -0.1) is 0 Å². The molecule has 0 spiro atoms. The highest BCUT2D eigenvalue weighted by atomic mass is 19.3. The molecule has 1 saturated carbocycles. The number of ether oxygens (including phenoxy) is 1. The zero-order valence-electron chi connectivity index (χ0n) is 19.4. The van der Waals surface area contributed by atoms with Gasteiger partial charge in [0.15, 0.2) is 0 Å². The summed E-state index contributed by atoms with van der Waals surface area (Å²) in [5, 5.41) is 0. The molecule has 1 nitrogen and oxygen atoms in total. The summed E-state index contributed by atoms with van der Waals surface area (Å²) in [6, 6.07) is 0. The Balaban J connectivity index is 2.88. The second-order valence-electron chi connectivity index (χ2n) is 10.1. The monoisotopic (exact) mass is 502 g/mol. The van der Waals surface area contributed by atoms with Gasteiger partial charge in [0.05, 0.1) is 0 Å². The molecule has 3 unspecified atom stereocenters. The molecule has 1 aliphatic heterocycles. The van der Waals surface area contributed by atoms with Crippen LogP contribution in [-0.2, 0) is 4.74 Å². The molecule has 0 N–H and O–H groups in total. The maximum atomic E-state index is 16.2. The average Bonchev–Trinajstić information content (AvgIpc) is 2.75. The SMILES string of the molecule is CCCC(C)(CCC)C(F)(F)C1(F)OC(F)(F)C(F)(F)C1(F)C(F)(F)C(C)(CC)C1CCC1. The first-order valence-corrected chi connectivity index (χ1v) is 11.3. The standard InChI is InChI=1S/C22H32F10O/c1-6-12-15(4,13-7-2)18(24,25)21(30)17(23,20(28,29)22(31,32)33-21)19(26,27)16(5,8-3)14-10-9-11-14/h14H,6-13H2,1-5H3. The lowest BCUT2D eigenvalue weighted by Crippen LogP contribution is -2.76. The van der Waals surface area contributed by atoms with Crippen LogP contribution in [0.5, 0.6) is 0 Å². The molecule has 2 aliphatic rings. The minimum Gasteiger partial charge on any atom is -0.269 e. The summed E-state index contributed by atoms with van der Waals surface area (Å²) in [4.78, 5) is 0. The van der Waals surface area contributed by atoms with Crippen LogP contribution >= 0.6 is 0 Å². The third-order valence-electron chi connectivity index (χ3n) is 8.17. The normalized spacial score (nSPS) is 32.5. The number of halogens is 10. The molecular formula is C22H32F10O. The third kappa shape index (κ3) is 3.21. The molecule has 0 aromatic carbocycles. The second-order valence-corrected chi connectivity index (χ2v) is 10.1. The van der Waals surface area contributed by atoms with Crippen molar-refractivity contribution in [2.75, 3.05) is 0 Å². The number of hydrogen-bond donors (Lipinski definition) is 0. The van der Waals surface area contributed by atoms with Gasteiger partial charge in [0.25, 0.3) is 5.92 Å². The van der Waals surface area contributed by atoms with E-state index in [1.807, 2.05) is 0 Å². The zero-order chi connectivity index (χ0) is 25.9. The molecule has 1 aliphatic carbocycles. The van der Waals surface area contributed by atoms with E-state index < -0.39 is 71.4 Å². The van der Waals surface area contributed by atoms with Crippen molar-refractivity contribution < 1.29 is 48.6 Å². The Morgan fingerprint density at radius 2 is 1.24 bits per heavy atom.